The van der Waals surface area contributed by atoms with Gasteiger partial charge < -0.3 is 10.1 Å². The van der Waals surface area contributed by atoms with Crippen LogP contribution < -0.4 is 10.1 Å². The second-order valence-corrected chi connectivity index (χ2v) is 4.94. The first-order chi connectivity index (χ1) is 10.1. The molecule has 0 aliphatic heterocycles. The number of benzene rings is 2. The second-order valence-electron chi connectivity index (χ2n) is 4.94. The van der Waals surface area contributed by atoms with E-state index in [2.05, 4.69) is 12.2 Å². The molecule has 2 nitrogen and oxygen atoms in total. The highest BCUT2D eigenvalue weighted by molar-refractivity contribution is 5.41. The van der Waals surface area contributed by atoms with E-state index >= 15 is 0 Å². The molecule has 2 rings (SSSR count). The summed E-state index contributed by atoms with van der Waals surface area (Å²) in [5.74, 6) is 0.546. The Morgan fingerprint density at radius 1 is 1.00 bits per heavy atom. The van der Waals surface area contributed by atoms with Crippen molar-refractivity contribution in [2.24, 2.45) is 0 Å². The molecule has 21 heavy (non-hydrogen) atoms. The normalized spacial score (nSPS) is 10.7. The Balaban J connectivity index is 2.22. The first kappa shape index (κ1) is 15.4. The van der Waals surface area contributed by atoms with Crippen LogP contribution in [0.2, 0.25) is 0 Å². The highest BCUT2D eigenvalue weighted by atomic mass is 19.1. The molecular weight excluding hydrogens is 272 g/mol. The van der Waals surface area contributed by atoms with E-state index in [0.717, 1.165) is 18.5 Å². The summed E-state index contributed by atoms with van der Waals surface area (Å²) in [5.41, 5.74) is 1.44. The van der Waals surface area contributed by atoms with E-state index in [1.54, 1.807) is 19.1 Å². The molecule has 0 saturated carbocycles. The maximum Gasteiger partial charge on any atom is 0.132 e. The maximum absolute atomic E-state index is 13.4. The predicted molar refractivity (Wildman–Crippen MR) is 79.6 cm³/mol. The van der Waals surface area contributed by atoms with Gasteiger partial charge in [0.05, 0.1) is 0 Å². The molecule has 0 fully saturated rings. The van der Waals surface area contributed by atoms with Gasteiger partial charge in [-0.25, -0.2) is 8.78 Å². The molecule has 2 aromatic rings. The number of aryl methyl sites for hydroxylation is 1. The van der Waals surface area contributed by atoms with Crippen molar-refractivity contribution in [3.8, 4) is 11.5 Å². The van der Waals surface area contributed by atoms with Gasteiger partial charge >= 0.3 is 0 Å². The van der Waals surface area contributed by atoms with Crippen molar-refractivity contribution in [2.45, 2.75) is 26.8 Å². The average Bonchev–Trinajstić information content (AvgIpc) is 2.44. The first-order valence-corrected chi connectivity index (χ1v) is 7.03. The zero-order valence-corrected chi connectivity index (χ0v) is 12.2. The Kier molecular flexibility index (Phi) is 5.28. The summed E-state index contributed by atoms with van der Waals surface area (Å²) in [6, 6.07) is 8.75. The molecule has 0 atom stereocenters. The van der Waals surface area contributed by atoms with Crippen molar-refractivity contribution in [3.63, 3.8) is 0 Å². The minimum atomic E-state index is -0.302. The summed E-state index contributed by atoms with van der Waals surface area (Å²) in [4.78, 5) is 0. The first-order valence-electron chi connectivity index (χ1n) is 7.03. The number of nitrogens with one attached hydrogen (secondary N) is 1. The van der Waals surface area contributed by atoms with Crippen LogP contribution in [0.4, 0.5) is 8.78 Å². The quantitative estimate of drug-likeness (QED) is 0.787. The van der Waals surface area contributed by atoms with Gasteiger partial charge in [-0.2, -0.15) is 0 Å². The van der Waals surface area contributed by atoms with Crippen LogP contribution in [0.25, 0.3) is 0 Å². The largest absolute Gasteiger partial charge is 0.457 e. The third-order valence-corrected chi connectivity index (χ3v) is 3.12. The van der Waals surface area contributed by atoms with Crippen molar-refractivity contribution < 1.29 is 13.5 Å². The van der Waals surface area contributed by atoms with E-state index in [1.165, 1.54) is 24.3 Å². The molecule has 4 heteroatoms. The minimum Gasteiger partial charge on any atom is -0.457 e. The van der Waals surface area contributed by atoms with E-state index in [0.29, 0.717) is 23.6 Å². The Morgan fingerprint density at radius 3 is 2.33 bits per heavy atom. The van der Waals surface area contributed by atoms with Gasteiger partial charge in [-0.15, -0.1) is 0 Å². The van der Waals surface area contributed by atoms with Gasteiger partial charge in [0.25, 0.3) is 0 Å². The predicted octanol–water partition coefficient (Wildman–Crippen LogP) is 4.57. The molecule has 0 amide bonds. The smallest absolute Gasteiger partial charge is 0.132 e. The summed E-state index contributed by atoms with van der Waals surface area (Å²) in [6.07, 6.45) is 1.00. The fraction of sp³-hybridized carbons (Fsp3) is 0.294. The summed E-state index contributed by atoms with van der Waals surface area (Å²) < 4.78 is 32.3. The summed E-state index contributed by atoms with van der Waals surface area (Å²) in [5, 5.41) is 3.22. The van der Waals surface area contributed by atoms with Gasteiger partial charge in [0, 0.05) is 12.1 Å². The van der Waals surface area contributed by atoms with Crippen molar-refractivity contribution in [3.05, 3.63) is 59.2 Å². The van der Waals surface area contributed by atoms with Gasteiger partial charge in [-0.05, 0) is 61.9 Å². The van der Waals surface area contributed by atoms with E-state index in [9.17, 15) is 8.78 Å². The Hall–Kier alpha value is -1.94. The van der Waals surface area contributed by atoms with Crippen LogP contribution in [0.1, 0.15) is 24.5 Å². The van der Waals surface area contributed by atoms with E-state index < -0.39 is 0 Å². The molecule has 0 aliphatic carbocycles. The highest BCUT2D eigenvalue weighted by Gasteiger charge is 2.09. The summed E-state index contributed by atoms with van der Waals surface area (Å²) in [6.45, 7) is 5.22. The Labute approximate surface area is 123 Å². The fourth-order valence-electron chi connectivity index (χ4n) is 2.03. The number of rotatable bonds is 6. The minimum absolute atomic E-state index is 0.300. The third kappa shape index (κ3) is 4.26. The van der Waals surface area contributed by atoms with E-state index in [-0.39, 0.29) is 11.6 Å². The van der Waals surface area contributed by atoms with Crippen molar-refractivity contribution in [1.82, 2.24) is 5.32 Å². The van der Waals surface area contributed by atoms with Crippen molar-refractivity contribution in [2.75, 3.05) is 6.54 Å². The lowest BCUT2D eigenvalue weighted by atomic mass is 10.1. The summed E-state index contributed by atoms with van der Waals surface area (Å²) in [7, 11) is 0. The molecule has 0 radical (unpaired) electrons. The van der Waals surface area contributed by atoms with Crippen LogP contribution in [0.15, 0.2) is 36.4 Å². The van der Waals surface area contributed by atoms with Crippen LogP contribution in [0, 0.1) is 18.6 Å². The molecule has 0 saturated heterocycles. The molecular formula is C17H19F2NO. The SMILES string of the molecule is CCCNCc1cc(F)ccc1Oc1ccc(F)cc1C. The standard InChI is InChI=1S/C17H19F2NO/c1-3-8-20-11-13-10-15(19)5-7-17(13)21-16-6-4-14(18)9-12(16)2/h4-7,9-10,20H,3,8,11H2,1-2H3. The van der Waals surface area contributed by atoms with Gasteiger partial charge in [0.15, 0.2) is 0 Å². The van der Waals surface area contributed by atoms with Crippen LogP contribution in [0.3, 0.4) is 0 Å². The molecule has 0 spiro atoms. The van der Waals surface area contributed by atoms with Crippen molar-refractivity contribution >= 4 is 0 Å². The lowest BCUT2D eigenvalue weighted by Crippen LogP contribution is -2.14. The highest BCUT2D eigenvalue weighted by Crippen LogP contribution is 2.28. The molecule has 1 N–H and O–H groups in total. The zero-order chi connectivity index (χ0) is 15.2. The zero-order valence-electron chi connectivity index (χ0n) is 12.2. The molecule has 0 aliphatic rings. The Morgan fingerprint density at radius 2 is 1.67 bits per heavy atom. The van der Waals surface area contributed by atoms with Crippen LogP contribution in [-0.2, 0) is 6.54 Å². The number of ether oxygens (including phenoxy) is 1. The molecule has 0 bridgehead atoms. The molecule has 0 unspecified atom stereocenters. The molecule has 112 valence electrons. The lowest BCUT2D eigenvalue weighted by Gasteiger charge is -2.13. The topological polar surface area (TPSA) is 21.3 Å². The molecule has 0 aromatic heterocycles. The summed E-state index contributed by atoms with van der Waals surface area (Å²) >= 11 is 0. The Bertz CT molecular complexity index is 614. The fourth-order valence-corrected chi connectivity index (χ4v) is 2.03. The average molecular weight is 291 g/mol. The second kappa shape index (κ2) is 7.18. The van der Waals surface area contributed by atoms with E-state index in [1.807, 2.05) is 0 Å². The van der Waals surface area contributed by atoms with Gasteiger partial charge in [-0.1, -0.05) is 6.92 Å². The monoisotopic (exact) mass is 291 g/mol. The van der Waals surface area contributed by atoms with Gasteiger partial charge in [0.2, 0.25) is 0 Å². The van der Waals surface area contributed by atoms with Crippen molar-refractivity contribution in [1.29, 1.82) is 0 Å². The lowest BCUT2D eigenvalue weighted by molar-refractivity contribution is 0.464. The van der Waals surface area contributed by atoms with E-state index in [4.69, 9.17) is 4.74 Å². The molecule has 2 aromatic carbocycles. The van der Waals surface area contributed by atoms with Crippen LogP contribution in [-0.4, -0.2) is 6.54 Å². The van der Waals surface area contributed by atoms with Crippen LogP contribution in [0.5, 0.6) is 11.5 Å². The number of hydrogen-bond donors (Lipinski definition) is 1. The van der Waals surface area contributed by atoms with Crippen LogP contribution >= 0.6 is 0 Å². The molecule has 0 heterocycles. The van der Waals surface area contributed by atoms with Gasteiger partial charge in [0.1, 0.15) is 23.1 Å². The number of halogens is 2. The number of hydrogen-bond acceptors (Lipinski definition) is 2. The maximum atomic E-state index is 13.4. The third-order valence-electron chi connectivity index (χ3n) is 3.12. The van der Waals surface area contributed by atoms with Gasteiger partial charge in [-0.3, -0.25) is 0 Å².